The molecular formula is C10H14ClNO3S. The number of benzene rings is 1. The van der Waals surface area contributed by atoms with Crippen molar-refractivity contribution >= 4 is 27.1 Å². The van der Waals surface area contributed by atoms with Crippen LogP contribution in [0.2, 0.25) is 5.02 Å². The summed E-state index contributed by atoms with van der Waals surface area (Å²) in [6.45, 7) is 1.69. The van der Waals surface area contributed by atoms with E-state index < -0.39 is 15.1 Å². The molecule has 2 N–H and O–H groups in total. The molecule has 4 nitrogen and oxygen atoms in total. The summed E-state index contributed by atoms with van der Waals surface area (Å²) >= 11 is 5.75. The molecule has 0 aliphatic heterocycles. The van der Waals surface area contributed by atoms with E-state index >= 15 is 0 Å². The Morgan fingerprint density at radius 1 is 1.50 bits per heavy atom. The Morgan fingerprint density at radius 2 is 2.12 bits per heavy atom. The SMILES string of the molecule is COCC(C)S(=O)(=O)c1cc(Cl)ccc1N. The summed E-state index contributed by atoms with van der Waals surface area (Å²) in [4.78, 5) is 0.0598. The minimum absolute atomic E-state index is 0.0598. The lowest BCUT2D eigenvalue weighted by atomic mass is 10.3. The highest BCUT2D eigenvalue weighted by atomic mass is 35.5. The first-order valence-corrected chi connectivity index (χ1v) is 6.60. The zero-order valence-corrected chi connectivity index (χ0v) is 10.7. The molecule has 0 bridgehead atoms. The van der Waals surface area contributed by atoms with Crippen LogP contribution in [0.4, 0.5) is 5.69 Å². The van der Waals surface area contributed by atoms with Gasteiger partial charge in [-0.2, -0.15) is 0 Å². The summed E-state index contributed by atoms with van der Waals surface area (Å²) in [6.07, 6.45) is 0. The number of methoxy groups -OCH3 is 1. The van der Waals surface area contributed by atoms with Gasteiger partial charge in [-0.1, -0.05) is 11.6 Å². The van der Waals surface area contributed by atoms with E-state index in [1.54, 1.807) is 13.0 Å². The summed E-state index contributed by atoms with van der Waals surface area (Å²) in [5, 5.41) is -0.310. The largest absolute Gasteiger partial charge is 0.398 e. The van der Waals surface area contributed by atoms with Gasteiger partial charge in [0.2, 0.25) is 0 Å². The summed E-state index contributed by atoms with van der Waals surface area (Å²) in [5.74, 6) is 0. The maximum Gasteiger partial charge on any atom is 0.185 e. The van der Waals surface area contributed by atoms with Crippen molar-refractivity contribution in [2.45, 2.75) is 17.1 Å². The zero-order valence-electron chi connectivity index (χ0n) is 9.10. The second-order valence-electron chi connectivity index (χ2n) is 3.49. The van der Waals surface area contributed by atoms with Gasteiger partial charge in [0.05, 0.1) is 22.4 Å². The van der Waals surface area contributed by atoms with E-state index in [0.29, 0.717) is 5.02 Å². The molecule has 0 amide bonds. The maximum absolute atomic E-state index is 12.1. The van der Waals surface area contributed by atoms with Gasteiger partial charge in [-0.25, -0.2) is 8.42 Å². The molecule has 1 rings (SSSR count). The van der Waals surface area contributed by atoms with E-state index in [9.17, 15) is 8.42 Å². The van der Waals surface area contributed by atoms with Crippen molar-refractivity contribution in [1.82, 2.24) is 0 Å². The molecule has 0 radical (unpaired) electrons. The van der Waals surface area contributed by atoms with E-state index in [-0.39, 0.29) is 17.2 Å². The second-order valence-corrected chi connectivity index (χ2v) is 6.26. The fourth-order valence-electron chi connectivity index (χ4n) is 1.30. The summed E-state index contributed by atoms with van der Waals surface area (Å²) in [5.41, 5.74) is 5.83. The molecule has 1 aromatic rings. The Morgan fingerprint density at radius 3 is 2.69 bits per heavy atom. The number of hydrogen-bond donors (Lipinski definition) is 1. The van der Waals surface area contributed by atoms with Crippen molar-refractivity contribution in [3.05, 3.63) is 23.2 Å². The topological polar surface area (TPSA) is 69.4 Å². The predicted octanol–water partition coefficient (Wildman–Crippen LogP) is 1.73. The molecule has 1 aromatic carbocycles. The monoisotopic (exact) mass is 263 g/mol. The highest BCUT2D eigenvalue weighted by Gasteiger charge is 2.25. The molecule has 6 heteroatoms. The van der Waals surface area contributed by atoms with E-state index in [2.05, 4.69) is 0 Å². The van der Waals surface area contributed by atoms with E-state index in [1.807, 2.05) is 0 Å². The lowest BCUT2D eigenvalue weighted by molar-refractivity contribution is 0.200. The first kappa shape index (κ1) is 13.3. The molecule has 0 aliphatic rings. The van der Waals surface area contributed by atoms with Gasteiger partial charge in [0.25, 0.3) is 0 Å². The summed E-state index contributed by atoms with van der Waals surface area (Å²) in [7, 11) is -2.04. The van der Waals surface area contributed by atoms with E-state index in [1.165, 1.54) is 19.2 Å². The molecule has 0 aromatic heterocycles. The van der Waals surface area contributed by atoms with Crippen LogP contribution in [0.5, 0.6) is 0 Å². The number of sulfone groups is 1. The van der Waals surface area contributed by atoms with Gasteiger partial charge in [0.15, 0.2) is 9.84 Å². The first-order chi connectivity index (χ1) is 7.39. The van der Waals surface area contributed by atoms with Crippen molar-refractivity contribution in [3.63, 3.8) is 0 Å². The molecule has 90 valence electrons. The molecule has 1 atom stereocenters. The van der Waals surface area contributed by atoms with Gasteiger partial charge in [-0.15, -0.1) is 0 Å². The summed E-state index contributed by atoms with van der Waals surface area (Å²) < 4.78 is 29.0. The van der Waals surface area contributed by atoms with Crippen LogP contribution in [-0.4, -0.2) is 27.4 Å². The van der Waals surface area contributed by atoms with Gasteiger partial charge in [0, 0.05) is 12.1 Å². The minimum Gasteiger partial charge on any atom is -0.398 e. The van der Waals surface area contributed by atoms with Crippen molar-refractivity contribution in [2.24, 2.45) is 0 Å². The van der Waals surface area contributed by atoms with Crippen LogP contribution in [0.1, 0.15) is 6.92 Å². The third-order valence-electron chi connectivity index (χ3n) is 2.21. The van der Waals surface area contributed by atoms with Crippen LogP contribution in [0.15, 0.2) is 23.1 Å². The third-order valence-corrected chi connectivity index (χ3v) is 4.61. The second kappa shape index (κ2) is 5.03. The Bertz CT molecular complexity index is 473. The van der Waals surface area contributed by atoms with Crippen molar-refractivity contribution in [3.8, 4) is 0 Å². The van der Waals surface area contributed by atoms with Gasteiger partial charge in [-0.3, -0.25) is 0 Å². The van der Waals surface area contributed by atoms with Gasteiger partial charge >= 0.3 is 0 Å². The lowest BCUT2D eigenvalue weighted by Gasteiger charge is -2.13. The molecule has 0 saturated carbocycles. The van der Waals surface area contributed by atoms with Gasteiger partial charge in [-0.05, 0) is 25.1 Å². The zero-order chi connectivity index (χ0) is 12.3. The molecular weight excluding hydrogens is 250 g/mol. The van der Waals surface area contributed by atoms with Crippen molar-refractivity contribution < 1.29 is 13.2 Å². The molecule has 16 heavy (non-hydrogen) atoms. The van der Waals surface area contributed by atoms with Crippen LogP contribution >= 0.6 is 11.6 Å². The Balaban J connectivity index is 3.21. The first-order valence-electron chi connectivity index (χ1n) is 4.67. The number of hydrogen-bond acceptors (Lipinski definition) is 4. The van der Waals surface area contributed by atoms with Crippen LogP contribution in [0.3, 0.4) is 0 Å². The predicted molar refractivity (Wildman–Crippen MR) is 64.4 cm³/mol. The van der Waals surface area contributed by atoms with Crippen LogP contribution in [-0.2, 0) is 14.6 Å². The van der Waals surface area contributed by atoms with Gasteiger partial charge < -0.3 is 10.5 Å². The van der Waals surface area contributed by atoms with E-state index in [0.717, 1.165) is 0 Å². The smallest absolute Gasteiger partial charge is 0.185 e. The maximum atomic E-state index is 12.1. The fraction of sp³-hybridized carbons (Fsp3) is 0.400. The Kier molecular flexibility index (Phi) is 4.18. The number of ether oxygens (including phenoxy) is 1. The van der Waals surface area contributed by atoms with Gasteiger partial charge in [0.1, 0.15) is 0 Å². The molecule has 0 heterocycles. The Hall–Kier alpha value is -0.780. The molecule has 0 aliphatic carbocycles. The lowest BCUT2D eigenvalue weighted by Crippen LogP contribution is -2.23. The van der Waals surface area contributed by atoms with Crippen molar-refractivity contribution in [1.29, 1.82) is 0 Å². The molecule has 0 fully saturated rings. The Labute approximate surface area is 100 Å². The average molecular weight is 264 g/mol. The number of nitrogen functional groups attached to an aromatic ring is 1. The van der Waals surface area contributed by atoms with E-state index in [4.69, 9.17) is 22.1 Å². The third kappa shape index (κ3) is 2.66. The number of rotatable bonds is 4. The number of halogens is 1. The molecule has 1 unspecified atom stereocenters. The quantitative estimate of drug-likeness (QED) is 0.840. The van der Waals surface area contributed by atoms with Crippen LogP contribution in [0.25, 0.3) is 0 Å². The summed E-state index contributed by atoms with van der Waals surface area (Å²) in [6, 6.07) is 4.39. The highest BCUT2D eigenvalue weighted by Crippen LogP contribution is 2.26. The number of anilines is 1. The normalized spacial score (nSPS) is 13.7. The molecule has 0 saturated heterocycles. The van der Waals surface area contributed by atoms with Crippen LogP contribution < -0.4 is 5.73 Å². The van der Waals surface area contributed by atoms with Crippen LogP contribution in [0, 0.1) is 0 Å². The molecule has 0 spiro atoms. The fourth-order valence-corrected chi connectivity index (χ4v) is 2.97. The standard InChI is InChI=1S/C10H14ClNO3S/c1-7(6-15-2)16(13,14)10-5-8(11)3-4-9(10)12/h3-5,7H,6,12H2,1-2H3. The average Bonchev–Trinajstić information content (AvgIpc) is 2.22. The van der Waals surface area contributed by atoms with Crippen molar-refractivity contribution in [2.75, 3.05) is 19.5 Å². The highest BCUT2D eigenvalue weighted by molar-refractivity contribution is 7.92. The number of nitrogens with two attached hydrogens (primary N) is 1. The minimum atomic E-state index is -3.49.